The molecule has 4 heteroatoms. The second-order valence-corrected chi connectivity index (χ2v) is 6.88. The number of carbonyl (C=O) groups is 1. The lowest BCUT2D eigenvalue weighted by molar-refractivity contribution is 0.0227. The molecule has 142 valence electrons. The standard InChI is InChI=1S/C23H27NO3/c1-4-15-26-18-13-11-17(12-14-18)22(25)24-20-16-23(5-2,6-3)27-21-10-8-7-9-19(20)21/h4,7-14,20H,1,5-6,15-16H2,2-3H3,(H,24,25)/t20-/m1/s1. The number of hydrogen-bond donors (Lipinski definition) is 1. The third kappa shape index (κ3) is 4.16. The van der Waals surface area contributed by atoms with Gasteiger partial charge < -0.3 is 14.8 Å². The Bertz CT molecular complexity index is 794. The summed E-state index contributed by atoms with van der Waals surface area (Å²) in [5.74, 6) is 1.50. The zero-order valence-electron chi connectivity index (χ0n) is 16.0. The molecule has 2 aromatic carbocycles. The zero-order valence-corrected chi connectivity index (χ0v) is 16.0. The molecule has 0 bridgehead atoms. The Morgan fingerprint density at radius 1 is 1.22 bits per heavy atom. The van der Waals surface area contributed by atoms with Crippen LogP contribution in [0.1, 0.15) is 55.1 Å². The Balaban J connectivity index is 1.79. The maximum absolute atomic E-state index is 12.8. The summed E-state index contributed by atoms with van der Waals surface area (Å²) in [6, 6.07) is 15.1. The molecule has 0 saturated carbocycles. The molecule has 27 heavy (non-hydrogen) atoms. The van der Waals surface area contributed by atoms with E-state index in [9.17, 15) is 4.79 Å². The van der Waals surface area contributed by atoms with Crippen LogP contribution in [-0.4, -0.2) is 18.1 Å². The lowest BCUT2D eigenvalue weighted by atomic mass is 9.83. The fraction of sp³-hybridized carbons (Fsp3) is 0.348. The highest BCUT2D eigenvalue weighted by Gasteiger charge is 2.38. The third-order valence-corrected chi connectivity index (χ3v) is 5.28. The van der Waals surface area contributed by atoms with E-state index >= 15 is 0 Å². The summed E-state index contributed by atoms with van der Waals surface area (Å²) >= 11 is 0. The van der Waals surface area contributed by atoms with Gasteiger partial charge in [0.1, 0.15) is 23.7 Å². The number of para-hydroxylation sites is 1. The third-order valence-electron chi connectivity index (χ3n) is 5.28. The molecule has 0 saturated heterocycles. The van der Waals surface area contributed by atoms with E-state index in [1.165, 1.54) is 0 Å². The van der Waals surface area contributed by atoms with Gasteiger partial charge in [0.25, 0.3) is 5.91 Å². The van der Waals surface area contributed by atoms with Gasteiger partial charge in [-0.05, 0) is 43.2 Å². The summed E-state index contributed by atoms with van der Waals surface area (Å²) in [6.45, 7) is 8.35. The van der Waals surface area contributed by atoms with Crippen LogP contribution in [0.5, 0.6) is 11.5 Å². The van der Waals surface area contributed by atoms with Gasteiger partial charge in [0.05, 0.1) is 6.04 Å². The van der Waals surface area contributed by atoms with Gasteiger partial charge in [-0.3, -0.25) is 4.79 Å². The van der Waals surface area contributed by atoms with E-state index in [0.29, 0.717) is 12.2 Å². The number of rotatable bonds is 7. The number of carbonyl (C=O) groups excluding carboxylic acids is 1. The van der Waals surface area contributed by atoms with Crippen LogP contribution in [0.2, 0.25) is 0 Å². The van der Waals surface area contributed by atoms with Gasteiger partial charge in [0.15, 0.2) is 0 Å². The Morgan fingerprint density at radius 2 is 1.93 bits per heavy atom. The molecule has 1 aliphatic heterocycles. The fourth-order valence-electron chi connectivity index (χ4n) is 3.53. The molecule has 0 radical (unpaired) electrons. The molecule has 4 nitrogen and oxygen atoms in total. The van der Waals surface area contributed by atoms with Crippen LogP contribution < -0.4 is 14.8 Å². The number of benzene rings is 2. The van der Waals surface area contributed by atoms with Crippen LogP contribution >= 0.6 is 0 Å². The van der Waals surface area contributed by atoms with Crippen molar-refractivity contribution in [2.75, 3.05) is 6.61 Å². The van der Waals surface area contributed by atoms with Crippen molar-refractivity contribution in [3.63, 3.8) is 0 Å². The largest absolute Gasteiger partial charge is 0.490 e. The predicted octanol–water partition coefficient (Wildman–Crippen LogP) is 5.06. The number of nitrogens with one attached hydrogen (secondary N) is 1. The Morgan fingerprint density at radius 3 is 2.59 bits per heavy atom. The topological polar surface area (TPSA) is 47.6 Å². The molecule has 0 aliphatic carbocycles. The van der Waals surface area contributed by atoms with E-state index in [1.807, 2.05) is 24.3 Å². The summed E-state index contributed by atoms with van der Waals surface area (Å²) in [6.07, 6.45) is 4.26. The zero-order chi connectivity index (χ0) is 19.3. The van der Waals surface area contributed by atoms with Crippen LogP contribution in [0.25, 0.3) is 0 Å². The minimum absolute atomic E-state index is 0.0703. The van der Waals surface area contributed by atoms with Gasteiger partial charge in [-0.25, -0.2) is 0 Å². The highest BCUT2D eigenvalue weighted by atomic mass is 16.5. The van der Waals surface area contributed by atoms with Crippen molar-refractivity contribution < 1.29 is 14.3 Å². The molecule has 1 aliphatic rings. The van der Waals surface area contributed by atoms with Crippen molar-refractivity contribution in [2.24, 2.45) is 0 Å². The van der Waals surface area contributed by atoms with Crippen LogP contribution in [0, 0.1) is 0 Å². The Kier molecular flexibility index (Phi) is 5.84. The Hall–Kier alpha value is -2.75. The number of amides is 1. The number of hydrogen-bond acceptors (Lipinski definition) is 3. The molecular weight excluding hydrogens is 338 g/mol. The van der Waals surface area contributed by atoms with Crippen LogP contribution in [0.15, 0.2) is 61.2 Å². The van der Waals surface area contributed by atoms with E-state index in [0.717, 1.165) is 36.3 Å². The first-order valence-electron chi connectivity index (χ1n) is 9.53. The summed E-state index contributed by atoms with van der Waals surface area (Å²) in [5.41, 5.74) is 1.41. The van der Waals surface area contributed by atoms with E-state index in [2.05, 4.69) is 25.7 Å². The molecule has 0 aromatic heterocycles. The minimum Gasteiger partial charge on any atom is -0.490 e. The molecule has 3 rings (SSSR count). The van der Waals surface area contributed by atoms with Gasteiger partial charge in [-0.1, -0.05) is 44.7 Å². The summed E-state index contributed by atoms with van der Waals surface area (Å²) in [7, 11) is 0. The molecule has 0 unspecified atom stereocenters. The SMILES string of the molecule is C=CCOc1ccc(C(=O)N[C@@H]2CC(CC)(CC)Oc3ccccc32)cc1. The van der Waals surface area contributed by atoms with Crippen molar-refractivity contribution in [3.05, 3.63) is 72.3 Å². The van der Waals surface area contributed by atoms with Crippen molar-refractivity contribution in [3.8, 4) is 11.5 Å². The predicted molar refractivity (Wildman–Crippen MR) is 107 cm³/mol. The van der Waals surface area contributed by atoms with Gasteiger partial charge in [0, 0.05) is 17.5 Å². The molecule has 1 heterocycles. The second-order valence-electron chi connectivity index (χ2n) is 6.88. The minimum atomic E-state index is -0.241. The fourth-order valence-corrected chi connectivity index (χ4v) is 3.53. The average molecular weight is 365 g/mol. The molecule has 0 fully saturated rings. The first kappa shape index (κ1) is 19.0. The van der Waals surface area contributed by atoms with Crippen LogP contribution in [0.3, 0.4) is 0 Å². The summed E-state index contributed by atoms with van der Waals surface area (Å²) in [5, 5.41) is 3.20. The molecule has 1 atom stereocenters. The van der Waals surface area contributed by atoms with Crippen LogP contribution in [-0.2, 0) is 0 Å². The molecule has 1 N–H and O–H groups in total. The average Bonchev–Trinajstić information content (AvgIpc) is 2.72. The summed E-state index contributed by atoms with van der Waals surface area (Å²) in [4.78, 5) is 12.8. The first-order valence-corrected chi connectivity index (χ1v) is 9.53. The Labute approximate surface area is 161 Å². The van der Waals surface area contributed by atoms with Crippen molar-refractivity contribution >= 4 is 5.91 Å². The van der Waals surface area contributed by atoms with Crippen molar-refractivity contribution in [1.82, 2.24) is 5.32 Å². The molecular formula is C23H27NO3. The lowest BCUT2D eigenvalue weighted by Gasteiger charge is -2.41. The van der Waals surface area contributed by atoms with E-state index < -0.39 is 0 Å². The summed E-state index contributed by atoms with van der Waals surface area (Å²) < 4.78 is 11.8. The highest BCUT2D eigenvalue weighted by Crippen LogP contribution is 2.42. The maximum Gasteiger partial charge on any atom is 0.251 e. The van der Waals surface area contributed by atoms with Crippen LogP contribution in [0.4, 0.5) is 0 Å². The normalized spacial score (nSPS) is 17.3. The van der Waals surface area contributed by atoms with Gasteiger partial charge in [-0.2, -0.15) is 0 Å². The lowest BCUT2D eigenvalue weighted by Crippen LogP contribution is -2.44. The van der Waals surface area contributed by atoms with E-state index in [4.69, 9.17) is 9.47 Å². The van der Waals surface area contributed by atoms with Gasteiger partial charge in [0.2, 0.25) is 0 Å². The highest BCUT2D eigenvalue weighted by molar-refractivity contribution is 5.94. The number of ether oxygens (including phenoxy) is 2. The second kappa shape index (κ2) is 8.30. The maximum atomic E-state index is 12.8. The van der Waals surface area contributed by atoms with Gasteiger partial charge >= 0.3 is 0 Å². The quantitative estimate of drug-likeness (QED) is 0.697. The van der Waals surface area contributed by atoms with E-state index in [1.54, 1.807) is 30.3 Å². The molecule has 0 spiro atoms. The monoisotopic (exact) mass is 365 g/mol. The smallest absolute Gasteiger partial charge is 0.251 e. The van der Waals surface area contributed by atoms with E-state index in [-0.39, 0.29) is 17.6 Å². The first-order chi connectivity index (χ1) is 13.1. The number of fused-ring (bicyclic) bond motifs is 1. The van der Waals surface area contributed by atoms with Crippen molar-refractivity contribution in [1.29, 1.82) is 0 Å². The van der Waals surface area contributed by atoms with Crippen molar-refractivity contribution in [2.45, 2.75) is 44.8 Å². The molecule has 1 amide bonds. The molecule has 2 aromatic rings. The van der Waals surface area contributed by atoms with Gasteiger partial charge in [-0.15, -0.1) is 0 Å².